The lowest BCUT2D eigenvalue weighted by molar-refractivity contribution is -0.138. The number of aromatic nitrogens is 4. The van der Waals surface area contributed by atoms with Gasteiger partial charge in [-0.3, -0.25) is 14.6 Å². The highest BCUT2D eigenvalue weighted by Crippen LogP contribution is 2.36. The third-order valence-corrected chi connectivity index (χ3v) is 4.99. The average molecular weight is 442 g/mol. The maximum Gasteiger partial charge on any atom is 0.407 e. The zero-order valence-corrected chi connectivity index (χ0v) is 17.2. The van der Waals surface area contributed by atoms with Gasteiger partial charge < -0.3 is 15.4 Å². The number of alkyl carbamates (subject to hydrolysis) is 1. The molecule has 3 N–H and O–H groups in total. The van der Waals surface area contributed by atoms with Crippen LogP contribution in [0.2, 0.25) is 0 Å². The van der Waals surface area contributed by atoms with E-state index in [1.807, 2.05) is 0 Å². The summed E-state index contributed by atoms with van der Waals surface area (Å²) in [7, 11) is 1.77. The third-order valence-electron chi connectivity index (χ3n) is 4.99. The number of anilines is 1. The van der Waals surface area contributed by atoms with Crippen molar-refractivity contribution in [3.8, 4) is 0 Å². The minimum absolute atomic E-state index is 0.0434. The van der Waals surface area contributed by atoms with Crippen LogP contribution in [0.3, 0.4) is 0 Å². The van der Waals surface area contributed by atoms with Crippen LogP contribution in [-0.2, 0) is 23.0 Å². The number of H-pyrrole nitrogens is 1. The van der Waals surface area contributed by atoms with Gasteiger partial charge in [-0.15, -0.1) is 0 Å². The molecule has 2 aromatic heterocycles. The van der Waals surface area contributed by atoms with Gasteiger partial charge in [-0.1, -0.05) is 0 Å². The molecule has 12 heteroatoms. The van der Waals surface area contributed by atoms with Crippen LogP contribution in [0.5, 0.6) is 0 Å². The molecule has 1 saturated carbocycles. The van der Waals surface area contributed by atoms with Crippen LogP contribution in [0.15, 0.2) is 18.5 Å². The van der Waals surface area contributed by atoms with Gasteiger partial charge >= 0.3 is 12.3 Å². The van der Waals surface area contributed by atoms with E-state index in [9.17, 15) is 22.8 Å². The summed E-state index contributed by atoms with van der Waals surface area (Å²) in [5.41, 5.74) is 1.59. The highest BCUT2D eigenvalue weighted by atomic mass is 19.4. The molecule has 2 aromatic rings. The van der Waals surface area contributed by atoms with Crippen LogP contribution < -0.4 is 10.6 Å². The molecule has 0 aliphatic heterocycles. The Morgan fingerprint density at radius 3 is 2.84 bits per heavy atom. The molecule has 31 heavy (non-hydrogen) atoms. The van der Waals surface area contributed by atoms with Crippen LogP contribution in [0, 0.1) is 0 Å². The minimum Gasteiger partial charge on any atom is -0.446 e. The van der Waals surface area contributed by atoms with Gasteiger partial charge in [-0.2, -0.15) is 23.4 Å². The second kappa shape index (κ2) is 9.40. The number of hydrogen-bond acceptors (Lipinski definition) is 5. The first kappa shape index (κ1) is 22.6. The van der Waals surface area contributed by atoms with Crippen LogP contribution in [0.4, 0.5) is 23.8 Å². The Morgan fingerprint density at radius 2 is 2.16 bits per heavy atom. The summed E-state index contributed by atoms with van der Waals surface area (Å²) in [4.78, 5) is 24.0. The zero-order chi connectivity index (χ0) is 22.6. The number of aryl methyl sites for hydroxylation is 1. The third kappa shape index (κ3) is 7.00. The van der Waals surface area contributed by atoms with Crippen molar-refractivity contribution in [3.05, 3.63) is 29.7 Å². The number of ether oxygens (including phenoxy) is 1. The van der Waals surface area contributed by atoms with Gasteiger partial charge in [-0.25, -0.2) is 4.79 Å². The van der Waals surface area contributed by atoms with E-state index in [-0.39, 0.29) is 18.2 Å². The number of carbonyl (C=O) groups excluding carboxylic acids is 2. The molecule has 170 valence electrons. The van der Waals surface area contributed by atoms with Crippen molar-refractivity contribution in [1.29, 1.82) is 0 Å². The maximum absolute atomic E-state index is 12.4. The lowest BCUT2D eigenvalue weighted by atomic mass is 10.0. The molecule has 0 bridgehead atoms. The molecular weight excluding hydrogens is 417 g/mol. The Bertz CT molecular complexity index is 910. The molecule has 2 heterocycles. The Labute approximate surface area is 176 Å². The topological polar surface area (TPSA) is 114 Å². The van der Waals surface area contributed by atoms with E-state index in [0.29, 0.717) is 18.7 Å². The van der Waals surface area contributed by atoms with Crippen LogP contribution in [0.1, 0.15) is 49.8 Å². The van der Waals surface area contributed by atoms with Crippen molar-refractivity contribution in [3.63, 3.8) is 0 Å². The normalized spacial score (nSPS) is 19.8. The van der Waals surface area contributed by atoms with Gasteiger partial charge in [0.05, 0.1) is 19.0 Å². The fraction of sp³-hybridized carbons (Fsp3) is 0.579. The Morgan fingerprint density at radius 1 is 1.39 bits per heavy atom. The minimum atomic E-state index is -4.35. The van der Waals surface area contributed by atoms with E-state index < -0.39 is 30.8 Å². The van der Waals surface area contributed by atoms with Crippen molar-refractivity contribution in [2.45, 2.75) is 63.3 Å². The summed E-state index contributed by atoms with van der Waals surface area (Å²) in [6, 6.07) is 0.676. The fourth-order valence-electron chi connectivity index (χ4n) is 3.66. The molecule has 0 unspecified atom stereocenters. The Hall–Kier alpha value is -3.05. The van der Waals surface area contributed by atoms with Gasteiger partial charge in [0.25, 0.3) is 0 Å². The predicted molar refractivity (Wildman–Crippen MR) is 104 cm³/mol. The monoisotopic (exact) mass is 442 g/mol. The van der Waals surface area contributed by atoms with E-state index in [1.54, 1.807) is 30.2 Å². The van der Waals surface area contributed by atoms with Crippen molar-refractivity contribution >= 4 is 17.8 Å². The van der Waals surface area contributed by atoms with Crippen LogP contribution in [-0.4, -0.2) is 50.3 Å². The van der Waals surface area contributed by atoms with Gasteiger partial charge in [-0.05, 0) is 31.7 Å². The molecule has 9 nitrogen and oxygen atoms in total. The van der Waals surface area contributed by atoms with Crippen molar-refractivity contribution in [1.82, 2.24) is 25.3 Å². The number of aromatic amines is 1. The zero-order valence-electron chi connectivity index (χ0n) is 17.2. The van der Waals surface area contributed by atoms with Crippen LogP contribution in [0.25, 0.3) is 0 Å². The quantitative estimate of drug-likeness (QED) is 0.610. The first-order valence-electron chi connectivity index (χ1n) is 9.94. The molecular formula is C19H25F3N6O3. The van der Waals surface area contributed by atoms with Gasteiger partial charge in [0.2, 0.25) is 5.91 Å². The summed E-state index contributed by atoms with van der Waals surface area (Å²) < 4.78 is 44.0. The molecule has 0 radical (unpaired) electrons. The molecule has 2 amide bonds. The van der Waals surface area contributed by atoms with Crippen molar-refractivity contribution in [2.24, 2.45) is 7.05 Å². The number of hydrogen-bond donors (Lipinski definition) is 3. The maximum atomic E-state index is 12.4. The summed E-state index contributed by atoms with van der Waals surface area (Å²) >= 11 is 0. The van der Waals surface area contributed by atoms with E-state index in [0.717, 1.165) is 17.7 Å². The first-order valence-corrected chi connectivity index (χ1v) is 9.94. The number of rotatable bonds is 7. The molecule has 0 spiro atoms. The smallest absolute Gasteiger partial charge is 0.407 e. The van der Waals surface area contributed by atoms with Crippen LogP contribution >= 0.6 is 0 Å². The summed E-state index contributed by atoms with van der Waals surface area (Å²) in [6.45, 7) is 1.28. The Balaban J connectivity index is 1.44. The molecule has 1 fully saturated rings. The van der Waals surface area contributed by atoms with Gasteiger partial charge in [0, 0.05) is 37.0 Å². The molecule has 0 saturated heterocycles. The summed E-state index contributed by atoms with van der Waals surface area (Å²) in [6.07, 6.45) is -1.32. The van der Waals surface area contributed by atoms with E-state index in [2.05, 4.69) is 25.9 Å². The van der Waals surface area contributed by atoms with Gasteiger partial charge in [0.15, 0.2) is 5.82 Å². The number of nitrogens with zero attached hydrogens (tertiary/aromatic N) is 3. The number of alkyl halides is 3. The van der Waals surface area contributed by atoms with E-state index in [1.165, 1.54) is 6.92 Å². The molecule has 3 rings (SSSR count). The van der Waals surface area contributed by atoms with Crippen molar-refractivity contribution in [2.75, 3.05) is 5.32 Å². The Kier molecular flexibility index (Phi) is 6.86. The second-order valence-electron chi connectivity index (χ2n) is 7.86. The highest BCUT2D eigenvalue weighted by molar-refractivity contribution is 5.91. The number of carbonyl (C=O) groups is 2. The van der Waals surface area contributed by atoms with Crippen molar-refractivity contribution < 1.29 is 27.5 Å². The molecule has 1 aliphatic carbocycles. The summed E-state index contributed by atoms with van der Waals surface area (Å²) in [5.74, 6) is 0.220. The van der Waals surface area contributed by atoms with E-state index in [4.69, 9.17) is 4.74 Å². The summed E-state index contributed by atoms with van der Waals surface area (Å²) in [5, 5.41) is 15.9. The molecule has 1 aliphatic rings. The van der Waals surface area contributed by atoms with Gasteiger partial charge in [0.1, 0.15) is 6.10 Å². The largest absolute Gasteiger partial charge is 0.446 e. The second-order valence-corrected chi connectivity index (χ2v) is 7.86. The lowest BCUT2D eigenvalue weighted by Crippen LogP contribution is -2.37. The number of halogens is 3. The molecule has 0 aromatic carbocycles. The number of nitrogens with one attached hydrogen (secondary N) is 3. The molecule has 3 atom stereocenters. The number of amides is 2. The first-order chi connectivity index (χ1) is 14.6. The average Bonchev–Trinajstić information content (AvgIpc) is 3.34. The standard InChI is InChI=1S/C19H25F3N6O3/c1-11(8-19(20,21)22)24-18(30)31-14-4-3-13(6-14)15-7-16(27-26-15)25-17(29)5-12-9-23-28(2)10-12/h7,9-11,13-14H,3-6,8H2,1-2H3,(H,24,30)(H2,25,26,27,29)/t11-,13+,14-/m1/s1. The SMILES string of the molecule is C[C@H](CC(F)(F)F)NC(=O)O[C@@H]1CC[C@H](c2cc(NC(=O)Cc3cnn(C)c3)n[nH]2)C1. The fourth-order valence-corrected chi connectivity index (χ4v) is 3.66. The highest BCUT2D eigenvalue weighted by Gasteiger charge is 2.33. The predicted octanol–water partition coefficient (Wildman–Crippen LogP) is 3.03. The van der Waals surface area contributed by atoms with E-state index >= 15 is 0 Å². The lowest BCUT2D eigenvalue weighted by Gasteiger charge is -2.18.